The molecule has 21 heavy (non-hydrogen) atoms. The lowest BCUT2D eigenvalue weighted by molar-refractivity contribution is 0.270. The second-order valence-corrected chi connectivity index (χ2v) is 7.67. The van der Waals surface area contributed by atoms with E-state index in [9.17, 15) is 0 Å². The van der Waals surface area contributed by atoms with Crippen molar-refractivity contribution in [3.63, 3.8) is 0 Å². The summed E-state index contributed by atoms with van der Waals surface area (Å²) in [5.74, 6) is 3.96. The summed E-state index contributed by atoms with van der Waals surface area (Å²) in [6, 6.07) is 8.77. The maximum atomic E-state index is 6.13. The molecule has 2 bridgehead atoms. The summed E-state index contributed by atoms with van der Waals surface area (Å²) >= 11 is 3.58. The first-order valence-electron chi connectivity index (χ1n) is 8.10. The number of nitrogens with one attached hydrogen (secondary N) is 1. The zero-order valence-corrected chi connectivity index (χ0v) is 14.0. The number of benzene rings is 1. The number of hydrogen-bond donors (Lipinski definition) is 1. The van der Waals surface area contributed by atoms with Crippen LogP contribution in [-0.2, 0) is 0 Å². The van der Waals surface area contributed by atoms with E-state index in [1.165, 1.54) is 37.5 Å². The van der Waals surface area contributed by atoms with E-state index < -0.39 is 0 Å². The van der Waals surface area contributed by atoms with Crippen molar-refractivity contribution in [2.24, 2.45) is 17.8 Å². The Morgan fingerprint density at radius 3 is 2.90 bits per heavy atom. The van der Waals surface area contributed by atoms with Gasteiger partial charge in [-0.2, -0.15) is 0 Å². The SMILES string of the molecule is CNC(CC1CC2CCC1C2)c1cc2cccc(Br)c2o1. The molecule has 0 amide bonds. The van der Waals surface area contributed by atoms with E-state index in [1.807, 2.05) is 6.07 Å². The summed E-state index contributed by atoms with van der Waals surface area (Å²) in [6.45, 7) is 0. The minimum atomic E-state index is 0.341. The molecule has 1 aromatic carbocycles. The van der Waals surface area contributed by atoms with Crippen molar-refractivity contribution in [1.82, 2.24) is 5.32 Å². The second-order valence-electron chi connectivity index (χ2n) is 6.82. The van der Waals surface area contributed by atoms with Crippen molar-refractivity contribution in [3.8, 4) is 0 Å². The Kier molecular flexibility index (Phi) is 3.58. The molecule has 0 spiro atoms. The van der Waals surface area contributed by atoms with E-state index >= 15 is 0 Å². The van der Waals surface area contributed by atoms with Gasteiger partial charge in [-0.1, -0.05) is 18.6 Å². The van der Waals surface area contributed by atoms with Gasteiger partial charge in [-0.25, -0.2) is 0 Å². The highest BCUT2D eigenvalue weighted by atomic mass is 79.9. The summed E-state index contributed by atoms with van der Waals surface area (Å²) in [5.41, 5.74) is 0.973. The van der Waals surface area contributed by atoms with E-state index in [1.54, 1.807) is 0 Å². The highest BCUT2D eigenvalue weighted by molar-refractivity contribution is 9.10. The van der Waals surface area contributed by atoms with Gasteiger partial charge in [-0.05, 0) is 78.5 Å². The van der Waals surface area contributed by atoms with Crippen LogP contribution >= 0.6 is 15.9 Å². The standard InChI is InChI=1S/C18H22BrNO/c1-20-16(9-14-8-11-5-6-12(14)7-11)17-10-13-3-2-4-15(19)18(13)21-17/h2-4,10-12,14,16,20H,5-9H2,1H3. The van der Waals surface area contributed by atoms with Crippen LogP contribution in [0.4, 0.5) is 0 Å². The molecule has 1 N–H and O–H groups in total. The highest BCUT2D eigenvalue weighted by Crippen LogP contribution is 2.51. The van der Waals surface area contributed by atoms with E-state index in [0.717, 1.165) is 33.6 Å². The molecule has 4 unspecified atom stereocenters. The molecule has 4 rings (SSSR count). The van der Waals surface area contributed by atoms with Gasteiger partial charge in [0.05, 0.1) is 10.5 Å². The normalized spacial score (nSPS) is 29.3. The lowest BCUT2D eigenvalue weighted by Crippen LogP contribution is -2.22. The van der Waals surface area contributed by atoms with Gasteiger partial charge in [-0.15, -0.1) is 0 Å². The van der Waals surface area contributed by atoms with Gasteiger partial charge in [-0.3, -0.25) is 0 Å². The maximum Gasteiger partial charge on any atom is 0.148 e. The second kappa shape index (κ2) is 5.44. The average molecular weight is 348 g/mol. The van der Waals surface area contributed by atoms with Crippen LogP contribution in [0.1, 0.15) is 43.9 Å². The van der Waals surface area contributed by atoms with Crippen LogP contribution in [0.2, 0.25) is 0 Å². The van der Waals surface area contributed by atoms with Crippen LogP contribution in [0.5, 0.6) is 0 Å². The van der Waals surface area contributed by atoms with E-state index in [2.05, 4.69) is 46.5 Å². The highest BCUT2D eigenvalue weighted by Gasteiger charge is 2.40. The summed E-state index contributed by atoms with van der Waals surface area (Å²) in [4.78, 5) is 0. The largest absolute Gasteiger partial charge is 0.458 e. The molecule has 2 aromatic rings. The fraction of sp³-hybridized carbons (Fsp3) is 0.556. The number of halogens is 1. The lowest BCUT2D eigenvalue weighted by atomic mass is 9.84. The van der Waals surface area contributed by atoms with Gasteiger partial charge in [0.15, 0.2) is 0 Å². The molecule has 3 heteroatoms. The molecule has 0 aliphatic heterocycles. The molecule has 0 radical (unpaired) electrons. The molecule has 2 nitrogen and oxygen atoms in total. The van der Waals surface area contributed by atoms with E-state index in [-0.39, 0.29) is 0 Å². The Morgan fingerprint density at radius 2 is 2.24 bits per heavy atom. The molecule has 0 saturated heterocycles. The lowest BCUT2D eigenvalue weighted by Gasteiger charge is -2.25. The Balaban J connectivity index is 1.58. The molecule has 1 heterocycles. The Morgan fingerprint density at radius 1 is 1.33 bits per heavy atom. The first-order valence-corrected chi connectivity index (χ1v) is 8.89. The first-order chi connectivity index (χ1) is 10.2. The smallest absolute Gasteiger partial charge is 0.148 e. The fourth-order valence-corrected chi connectivity index (χ4v) is 5.03. The Labute approximate surface area is 134 Å². The third-order valence-corrected chi connectivity index (χ3v) is 6.25. The quantitative estimate of drug-likeness (QED) is 0.813. The van der Waals surface area contributed by atoms with Crippen molar-refractivity contribution in [2.45, 2.75) is 38.1 Å². The van der Waals surface area contributed by atoms with Gasteiger partial charge in [0.25, 0.3) is 0 Å². The molecule has 2 fully saturated rings. The summed E-state index contributed by atoms with van der Waals surface area (Å²) in [6.07, 6.45) is 7.06. The van der Waals surface area contributed by atoms with Crippen LogP contribution in [0.15, 0.2) is 33.2 Å². The minimum absolute atomic E-state index is 0.341. The summed E-state index contributed by atoms with van der Waals surface area (Å²) in [7, 11) is 2.06. The fourth-order valence-electron chi connectivity index (χ4n) is 4.56. The molecule has 112 valence electrons. The predicted molar refractivity (Wildman–Crippen MR) is 89.3 cm³/mol. The van der Waals surface area contributed by atoms with E-state index in [0.29, 0.717) is 6.04 Å². The van der Waals surface area contributed by atoms with Gasteiger partial charge >= 0.3 is 0 Å². The van der Waals surface area contributed by atoms with Gasteiger partial charge in [0.2, 0.25) is 0 Å². The number of hydrogen-bond acceptors (Lipinski definition) is 2. The molecule has 2 saturated carbocycles. The molecular formula is C18H22BrNO. The third kappa shape index (κ3) is 2.44. The van der Waals surface area contributed by atoms with Crippen LogP contribution in [-0.4, -0.2) is 7.05 Å². The van der Waals surface area contributed by atoms with Gasteiger partial charge in [0.1, 0.15) is 11.3 Å². The summed E-state index contributed by atoms with van der Waals surface area (Å²) in [5, 5.41) is 4.66. The monoisotopic (exact) mass is 347 g/mol. The molecule has 2 aliphatic rings. The van der Waals surface area contributed by atoms with E-state index in [4.69, 9.17) is 4.42 Å². The van der Waals surface area contributed by atoms with Crippen molar-refractivity contribution < 1.29 is 4.42 Å². The predicted octanol–water partition coefficient (Wildman–Crippen LogP) is 5.28. The molecular weight excluding hydrogens is 326 g/mol. The summed E-state index contributed by atoms with van der Waals surface area (Å²) < 4.78 is 7.18. The number of fused-ring (bicyclic) bond motifs is 3. The Hall–Kier alpha value is -0.800. The van der Waals surface area contributed by atoms with Crippen LogP contribution in [0.3, 0.4) is 0 Å². The topological polar surface area (TPSA) is 25.2 Å². The first kappa shape index (κ1) is 13.8. The van der Waals surface area contributed by atoms with Crippen LogP contribution in [0.25, 0.3) is 11.0 Å². The van der Waals surface area contributed by atoms with Gasteiger partial charge in [0, 0.05) is 5.39 Å². The zero-order valence-electron chi connectivity index (χ0n) is 12.4. The third-order valence-electron chi connectivity index (χ3n) is 5.63. The Bertz CT molecular complexity index is 650. The van der Waals surface area contributed by atoms with Gasteiger partial charge < -0.3 is 9.73 Å². The number of para-hydroxylation sites is 1. The number of furan rings is 1. The van der Waals surface area contributed by atoms with Crippen molar-refractivity contribution in [2.75, 3.05) is 7.05 Å². The van der Waals surface area contributed by atoms with Crippen molar-refractivity contribution in [3.05, 3.63) is 34.5 Å². The molecule has 4 atom stereocenters. The van der Waals surface area contributed by atoms with Crippen molar-refractivity contribution >= 4 is 26.9 Å². The minimum Gasteiger partial charge on any atom is -0.458 e. The van der Waals surface area contributed by atoms with Crippen LogP contribution in [0, 0.1) is 17.8 Å². The molecule has 1 aromatic heterocycles. The maximum absolute atomic E-state index is 6.13. The number of rotatable bonds is 4. The van der Waals surface area contributed by atoms with Crippen molar-refractivity contribution in [1.29, 1.82) is 0 Å². The average Bonchev–Trinajstić information content (AvgIpc) is 3.19. The van der Waals surface area contributed by atoms with Crippen LogP contribution < -0.4 is 5.32 Å². The molecule has 2 aliphatic carbocycles. The zero-order chi connectivity index (χ0) is 14.4.